The van der Waals surface area contributed by atoms with Crippen LogP contribution in [0.4, 0.5) is 0 Å². The standard InChI is InChI=1S/C20H27ClN4O/c1-3-22-20(24-14-12-17-8-11-19(21)25-15-17)23-13-4-5-16-6-9-18(26-2)10-7-16/h6-11,15H,3-5,12-14H2,1-2H3,(H2,22,23,24). The van der Waals surface area contributed by atoms with Gasteiger partial charge in [0.1, 0.15) is 10.9 Å². The molecule has 5 nitrogen and oxygen atoms in total. The molecule has 0 atom stereocenters. The fraction of sp³-hybridized carbons (Fsp3) is 0.400. The molecule has 1 aromatic carbocycles. The number of nitrogens with one attached hydrogen (secondary N) is 2. The molecule has 26 heavy (non-hydrogen) atoms. The first-order valence-electron chi connectivity index (χ1n) is 8.97. The summed E-state index contributed by atoms with van der Waals surface area (Å²) in [5, 5.41) is 7.16. The predicted octanol–water partition coefficient (Wildman–Crippen LogP) is 3.47. The van der Waals surface area contributed by atoms with E-state index in [9.17, 15) is 0 Å². The van der Waals surface area contributed by atoms with Crippen molar-refractivity contribution >= 4 is 17.6 Å². The van der Waals surface area contributed by atoms with E-state index in [0.717, 1.165) is 56.2 Å². The number of ether oxygens (including phenoxy) is 1. The number of benzene rings is 1. The van der Waals surface area contributed by atoms with Gasteiger partial charge in [0.15, 0.2) is 5.96 Å². The van der Waals surface area contributed by atoms with Gasteiger partial charge in [-0.25, -0.2) is 4.98 Å². The van der Waals surface area contributed by atoms with E-state index in [1.807, 2.05) is 30.5 Å². The van der Waals surface area contributed by atoms with E-state index in [1.54, 1.807) is 7.11 Å². The Bertz CT molecular complexity index is 671. The zero-order valence-electron chi connectivity index (χ0n) is 15.5. The highest BCUT2D eigenvalue weighted by molar-refractivity contribution is 6.29. The van der Waals surface area contributed by atoms with Crippen molar-refractivity contribution in [2.75, 3.05) is 26.7 Å². The number of pyridine rings is 1. The van der Waals surface area contributed by atoms with Gasteiger partial charge in [-0.2, -0.15) is 0 Å². The van der Waals surface area contributed by atoms with Crippen LogP contribution in [-0.4, -0.2) is 37.7 Å². The quantitative estimate of drug-likeness (QED) is 0.305. The fourth-order valence-corrected chi connectivity index (χ4v) is 2.60. The number of rotatable bonds is 9. The van der Waals surface area contributed by atoms with Crippen LogP contribution in [0.15, 0.2) is 47.6 Å². The lowest BCUT2D eigenvalue weighted by Gasteiger charge is -2.11. The number of nitrogens with zero attached hydrogens (tertiary/aromatic N) is 2. The molecule has 0 aliphatic rings. The molecule has 6 heteroatoms. The van der Waals surface area contributed by atoms with E-state index < -0.39 is 0 Å². The van der Waals surface area contributed by atoms with Crippen molar-refractivity contribution in [2.24, 2.45) is 4.99 Å². The molecule has 140 valence electrons. The molecule has 0 aliphatic heterocycles. The smallest absolute Gasteiger partial charge is 0.191 e. The maximum atomic E-state index is 5.81. The van der Waals surface area contributed by atoms with E-state index in [-0.39, 0.29) is 0 Å². The number of aromatic nitrogens is 1. The molecule has 1 heterocycles. The van der Waals surface area contributed by atoms with Crippen molar-refractivity contribution in [3.8, 4) is 5.75 Å². The first kappa shape index (κ1) is 20.0. The minimum absolute atomic E-state index is 0.522. The minimum atomic E-state index is 0.522. The van der Waals surface area contributed by atoms with Gasteiger partial charge in [0.2, 0.25) is 0 Å². The van der Waals surface area contributed by atoms with Gasteiger partial charge < -0.3 is 15.4 Å². The molecule has 0 unspecified atom stereocenters. The molecule has 2 aromatic rings. The van der Waals surface area contributed by atoms with Crippen molar-refractivity contribution in [3.05, 3.63) is 58.9 Å². The van der Waals surface area contributed by atoms with Crippen molar-refractivity contribution in [1.29, 1.82) is 0 Å². The Kier molecular flexibility index (Phi) is 8.76. The van der Waals surface area contributed by atoms with E-state index in [0.29, 0.717) is 5.15 Å². The van der Waals surface area contributed by atoms with Gasteiger partial charge in [0, 0.05) is 25.8 Å². The number of aryl methyl sites for hydroxylation is 1. The molecule has 0 fully saturated rings. The number of hydrogen-bond donors (Lipinski definition) is 2. The second-order valence-corrected chi connectivity index (χ2v) is 6.27. The second kappa shape index (κ2) is 11.4. The summed E-state index contributed by atoms with van der Waals surface area (Å²) in [6.07, 6.45) is 4.69. The van der Waals surface area contributed by atoms with Crippen LogP contribution in [0.2, 0.25) is 5.15 Å². The third-order valence-electron chi connectivity index (χ3n) is 3.89. The van der Waals surface area contributed by atoms with Crippen LogP contribution in [-0.2, 0) is 12.8 Å². The van der Waals surface area contributed by atoms with Gasteiger partial charge in [-0.05, 0) is 55.5 Å². The summed E-state index contributed by atoms with van der Waals surface area (Å²) in [5.41, 5.74) is 2.45. The number of hydrogen-bond acceptors (Lipinski definition) is 3. The predicted molar refractivity (Wildman–Crippen MR) is 108 cm³/mol. The Morgan fingerprint density at radius 1 is 1.08 bits per heavy atom. The van der Waals surface area contributed by atoms with E-state index in [4.69, 9.17) is 16.3 Å². The number of halogens is 1. The maximum absolute atomic E-state index is 5.81. The SMILES string of the molecule is CCNC(=NCCCc1ccc(OC)cc1)NCCc1ccc(Cl)nc1. The van der Waals surface area contributed by atoms with Crippen molar-refractivity contribution in [3.63, 3.8) is 0 Å². The number of aliphatic imine (C=N–C) groups is 1. The van der Waals surface area contributed by atoms with Crippen molar-refractivity contribution in [2.45, 2.75) is 26.2 Å². The van der Waals surface area contributed by atoms with Gasteiger partial charge in [-0.3, -0.25) is 4.99 Å². The topological polar surface area (TPSA) is 58.5 Å². The molecule has 2 N–H and O–H groups in total. The van der Waals surface area contributed by atoms with Gasteiger partial charge in [0.05, 0.1) is 7.11 Å². The summed E-state index contributed by atoms with van der Waals surface area (Å²) in [6, 6.07) is 12.0. The normalized spacial score (nSPS) is 11.3. The van der Waals surface area contributed by atoms with Gasteiger partial charge in [0.25, 0.3) is 0 Å². The largest absolute Gasteiger partial charge is 0.497 e. The van der Waals surface area contributed by atoms with Gasteiger partial charge in [-0.15, -0.1) is 0 Å². The van der Waals surface area contributed by atoms with Crippen LogP contribution in [0.25, 0.3) is 0 Å². The monoisotopic (exact) mass is 374 g/mol. The lowest BCUT2D eigenvalue weighted by atomic mass is 10.1. The Morgan fingerprint density at radius 2 is 1.85 bits per heavy atom. The third-order valence-corrected chi connectivity index (χ3v) is 4.12. The maximum Gasteiger partial charge on any atom is 0.191 e. The van der Waals surface area contributed by atoms with Gasteiger partial charge >= 0.3 is 0 Å². The van der Waals surface area contributed by atoms with Crippen LogP contribution in [0.5, 0.6) is 5.75 Å². The first-order valence-corrected chi connectivity index (χ1v) is 9.34. The summed E-state index contributed by atoms with van der Waals surface area (Å²) in [6.45, 7) is 4.49. The van der Waals surface area contributed by atoms with Crippen LogP contribution in [0, 0.1) is 0 Å². The zero-order valence-corrected chi connectivity index (χ0v) is 16.2. The first-order chi connectivity index (χ1) is 12.7. The zero-order chi connectivity index (χ0) is 18.6. The summed E-state index contributed by atoms with van der Waals surface area (Å²) < 4.78 is 5.18. The van der Waals surface area contributed by atoms with E-state index in [2.05, 4.69) is 39.7 Å². The second-order valence-electron chi connectivity index (χ2n) is 5.88. The minimum Gasteiger partial charge on any atom is -0.497 e. The van der Waals surface area contributed by atoms with Crippen molar-refractivity contribution in [1.82, 2.24) is 15.6 Å². The molecule has 0 saturated heterocycles. The molecule has 2 rings (SSSR count). The Labute approximate surface area is 160 Å². The average Bonchev–Trinajstić information content (AvgIpc) is 2.67. The van der Waals surface area contributed by atoms with Crippen LogP contribution < -0.4 is 15.4 Å². The molecular weight excluding hydrogens is 348 g/mol. The highest BCUT2D eigenvalue weighted by Crippen LogP contribution is 2.12. The summed E-state index contributed by atoms with van der Waals surface area (Å²) >= 11 is 5.81. The third kappa shape index (κ3) is 7.31. The summed E-state index contributed by atoms with van der Waals surface area (Å²) in [7, 11) is 1.68. The molecule has 0 spiro atoms. The molecule has 0 aliphatic carbocycles. The number of methoxy groups -OCH3 is 1. The lowest BCUT2D eigenvalue weighted by molar-refractivity contribution is 0.414. The van der Waals surface area contributed by atoms with Crippen LogP contribution >= 0.6 is 11.6 Å². The fourth-order valence-electron chi connectivity index (χ4n) is 2.49. The molecule has 0 bridgehead atoms. The Morgan fingerprint density at radius 3 is 2.50 bits per heavy atom. The molecular formula is C20H27ClN4O. The molecule has 0 amide bonds. The summed E-state index contributed by atoms with van der Waals surface area (Å²) in [4.78, 5) is 8.74. The number of guanidine groups is 1. The van der Waals surface area contributed by atoms with Gasteiger partial charge in [-0.1, -0.05) is 29.8 Å². The van der Waals surface area contributed by atoms with Crippen LogP contribution in [0.3, 0.4) is 0 Å². The summed E-state index contributed by atoms with van der Waals surface area (Å²) in [5.74, 6) is 1.74. The highest BCUT2D eigenvalue weighted by atomic mass is 35.5. The van der Waals surface area contributed by atoms with Crippen LogP contribution in [0.1, 0.15) is 24.5 Å². The molecule has 0 saturated carbocycles. The highest BCUT2D eigenvalue weighted by Gasteiger charge is 1.99. The average molecular weight is 375 g/mol. The Hall–Kier alpha value is -2.27. The van der Waals surface area contributed by atoms with E-state index >= 15 is 0 Å². The lowest BCUT2D eigenvalue weighted by Crippen LogP contribution is -2.38. The molecule has 0 radical (unpaired) electrons. The molecule has 1 aromatic heterocycles. The Balaban J connectivity index is 1.73. The van der Waals surface area contributed by atoms with E-state index in [1.165, 1.54) is 5.56 Å². The van der Waals surface area contributed by atoms with Crippen molar-refractivity contribution < 1.29 is 4.74 Å².